The summed E-state index contributed by atoms with van der Waals surface area (Å²) < 4.78 is 29.2. The van der Waals surface area contributed by atoms with Gasteiger partial charge in [-0.1, -0.05) is 0 Å². The molecule has 0 bridgehead atoms. The minimum absolute atomic E-state index is 0.0732. The Hall–Kier alpha value is -0.450. The maximum Gasteiger partial charge on any atom is 0.290 e. The Labute approximate surface area is 64.4 Å². The molecule has 0 aliphatic rings. The molecule has 0 fully saturated rings. The maximum atomic E-state index is 12.3. The fraction of sp³-hybridized carbons (Fsp3) is 0.400. The lowest BCUT2D eigenvalue weighted by Gasteiger charge is -2.02. The smallest absolute Gasteiger partial charge is 0.290 e. The molecule has 0 spiro atoms. The van der Waals surface area contributed by atoms with E-state index in [9.17, 15) is 8.78 Å². The first-order valence-corrected chi connectivity index (χ1v) is 3.29. The molecular formula is C5H4BrF2NO. The van der Waals surface area contributed by atoms with Crippen molar-refractivity contribution in [3.63, 3.8) is 0 Å². The van der Waals surface area contributed by atoms with Crippen molar-refractivity contribution in [2.45, 2.75) is 12.8 Å². The summed E-state index contributed by atoms with van der Waals surface area (Å²) in [5.74, 6) is -2.92. The molecule has 56 valence electrons. The Balaban J connectivity index is 2.96. The molecule has 1 rings (SSSR count). The molecule has 0 aromatic carbocycles. The second kappa shape index (κ2) is 2.30. The van der Waals surface area contributed by atoms with Crippen LogP contribution < -0.4 is 0 Å². The Bertz CT molecular complexity index is 230. The molecule has 0 aliphatic heterocycles. The second-order valence-electron chi connectivity index (χ2n) is 1.87. The summed E-state index contributed by atoms with van der Waals surface area (Å²) in [7, 11) is 0. The average molecular weight is 212 g/mol. The summed E-state index contributed by atoms with van der Waals surface area (Å²) in [4.78, 5) is 3.46. The van der Waals surface area contributed by atoms with Crippen molar-refractivity contribution in [1.82, 2.24) is 4.98 Å². The average Bonchev–Trinajstić information content (AvgIpc) is 2.11. The van der Waals surface area contributed by atoms with E-state index >= 15 is 0 Å². The lowest BCUT2D eigenvalue weighted by molar-refractivity contribution is 0.0126. The van der Waals surface area contributed by atoms with Gasteiger partial charge in [-0.2, -0.15) is 8.78 Å². The molecule has 0 N–H and O–H groups in total. The van der Waals surface area contributed by atoms with Crippen molar-refractivity contribution in [3.8, 4) is 0 Å². The third-order valence-electron chi connectivity index (χ3n) is 0.926. The molecule has 1 aromatic rings. The molecule has 0 amide bonds. The van der Waals surface area contributed by atoms with E-state index in [1.807, 2.05) is 0 Å². The number of hydrogen-bond acceptors (Lipinski definition) is 2. The fourth-order valence-corrected chi connectivity index (χ4v) is 0.738. The van der Waals surface area contributed by atoms with Crippen LogP contribution in [0.15, 0.2) is 15.5 Å². The first-order valence-electron chi connectivity index (χ1n) is 2.49. The predicted octanol–water partition coefficient (Wildman–Crippen LogP) is 2.55. The monoisotopic (exact) mass is 211 g/mol. The van der Waals surface area contributed by atoms with Crippen molar-refractivity contribution < 1.29 is 13.2 Å². The number of oxazole rings is 1. The number of hydrogen-bond donors (Lipinski definition) is 0. The van der Waals surface area contributed by atoms with Gasteiger partial charge in [-0.15, -0.1) is 0 Å². The van der Waals surface area contributed by atoms with Gasteiger partial charge >= 0.3 is 0 Å². The highest BCUT2D eigenvalue weighted by Gasteiger charge is 2.28. The molecule has 0 radical (unpaired) electrons. The van der Waals surface area contributed by atoms with Crippen molar-refractivity contribution in [2.75, 3.05) is 0 Å². The first kappa shape index (κ1) is 7.65. The fourth-order valence-electron chi connectivity index (χ4n) is 0.453. The van der Waals surface area contributed by atoms with Gasteiger partial charge in [0, 0.05) is 22.9 Å². The highest BCUT2D eigenvalue weighted by Crippen LogP contribution is 2.26. The highest BCUT2D eigenvalue weighted by molar-refractivity contribution is 9.10. The summed E-state index contributed by atoms with van der Waals surface area (Å²) >= 11 is 2.81. The van der Waals surface area contributed by atoms with Crippen LogP contribution in [0.1, 0.15) is 12.6 Å². The Morgan fingerprint density at radius 2 is 2.30 bits per heavy atom. The van der Waals surface area contributed by atoms with E-state index in [1.165, 1.54) is 0 Å². The summed E-state index contributed by atoms with van der Waals surface area (Å²) in [6, 6.07) is 0. The lowest BCUT2D eigenvalue weighted by atomic mass is 10.3. The molecule has 0 unspecified atom stereocenters. The van der Waals surface area contributed by atoms with E-state index in [0.717, 1.165) is 13.2 Å². The first-order chi connectivity index (χ1) is 4.50. The summed E-state index contributed by atoms with van der Waals surface area (Å²) in [6.45, 7) is 0.761. The van der Waals surface area contributed by atoms with Gasteiger partial charge in [-0.3, -0.25) is 0 Å². The largest absolute Gasteiger partial charge is 0.439 e. The number of halogens is 3. The van der Waals surface area contributed by atoms with E-state index < -0.39 is 5.92 Å². The van der Waals surface area contributed by atoms with Crippen molar-refractivity contribution in [2.24, 2.45) is 0 Å². The molecule has 1 heterocycles. The normalized spacial score (nSPS) is 12.0. The van der Waals surface area contributed by atoms with Crippen LogP contribution in [0.3, 0.4) is 0 Å². The number of alkyl halides is 2. The summed E-state index contributed by atoms with van der Waals surface area (Å²) in [5, 5.41) is 0. The SMILES string of the molecule is CC(F)(F)c1coc(Br)n1. The van der Waals surface area contributed by atoms with Gasteiger partial charge in [0.25, 0.3) is 10.7 Å². The van der Waals surface area contributed by atoms with Gasteiger partial charge in [-0.25, -0.2) is 4.98 Å². The Kier molecular flexibility index (Phi) is 1.76. The summed E-state index contributed by atoms with van der Waals surface area (Å²) in [5.41, 5.74) is -0.362. The Morgan fingerprint density at radius 3 is 2.50 bits per heavy atom. The van der Waals surface area contributed by atoms with Gasteiger partial charge < -0.3 is 4.42 Å². The number of nitrogens with zero attached hydrogens (tertiary/aromatic N) is 1. The van der Waals surface area contributed by atoms with Crippen LogP contribution in [0.2, 0.25) is 0 Å². The van der Waals surface area contributed by atoms with Crippen LogP contribution in [0, 0.1) is 0 Å². The topological polar surface area (TPSA) is 26.0 Å². The zero-order valence-corrected chi connectivity index (χ0v) is 6.65. The van der Waals surface area contributed by atoms with Gasteiger partial charge in [0.1, 0.15) is 12.0 Å². The maximum absolute atomic E-state index is 12.3. The van der Waals surface area contributed by atoms with Crippen LogP contribution in [-0.2, 0) is 5.92 Å². The zero-order valence-electron chi connectivity index (χ0n) is 5.07. The van der Waals surface area contributed by atoms with Crippen molar-refractivity contribution in [3.05, 3.63) is 16.8 Å². The molecule has 10 heavy (non-hydrogen) atoms. The standard InChI is InChI=1S/C5H4BrF2NO/c1-5(7,8)3-2-10-4(6)9-3/h2H,1H3. The third-order valence-corrected chi connectivity index (χ3v) is 1.29. The van der Waals surface area contributed by atoms with Crippen molar-refractivity contribution in [1.29, 1.82) is 0 Å². The van der Waals surface area contributed by atoms with Crippen LogP contribution in [0.25, 0.3) is 0 Å². The van der Waals surface area contributed by atoms with E-state index in [0.29, 0.717) is 0 Å². The van der Waals surface area contributed by atoms with E-state index in [2.05, 4.69) is 25.3 Å². The minimum Gasteiger partial charge on any atom is -0.439 e. The van der Waals surface area contributed by atoms with E-state index in [-0.39, 0.29) is 10.5 Å². The molecule has 5 heteroatoms. The summed E-state index contributed by atoms with van der Waals surface area (Å²) in [6.07, 6.45) is 0.921. The quantitative estimate of drug-likeness (QED) is 0.714. The van der Waals surface area contributed by atoms with Gasteiger partial charge in [-0.05, 0) is 0 Å². The lowest BCUT2D eigenvalue weighted by Crippen LogP contribution is -2.06. The molecule has 0 aliphatic carbocycles. The van der Waals surface area contributed by atoms with Crippen LogP contribution in [0.5, 0.6) is 0 Å². The molecule has 0 saturated heterocycles. The number of rotatable bonds is 1. The Morgan fingerprint density at radius 1 is 1.70 bits per heavy atom. The molecule has 0 atom stereocenters. The van der Waals surface area contributed by atoms with Crippen LogP contribution >= 0.6 is 15.9 Å². The second-order valence-corrected chi connectivity index (χ2v) is 2.55. The highest BCUT2D eigenvalue weighted by atomic mass is 79.9. The number of aromatic nitrogens is 1. The predicted molar refractivity (Wildman–Crippen MR) is 33.8 cm³/mol. The van der Waals surface area contributed by atoms with E-state index in [4.69, 9.17) is 0 Å². The third kappa shape index (κ3) is 1.53. The van der Waals surface area contributed by atoms with Gasteiger partial charge in [0.05, 0.1) is 0 Å². The minimum atomic E-state index is -2.92. The zero-order chi connectivity index (χ0) is 7.78. The van der Waals surface area contributed by atoms with Gasteiger partial charge in [0.15, 0.2) is 0 Å². The molecule has 1 aromatic heterocycles. The molecule has 0 saturated carbocycles. The van der Waals surface area contributed by atoms with Crippen LogP contribution in [-0.4, -0.2) is 4.98 Å². The molecular weight excluding hydrogens is 208 g/mol. The molecule has 2 nitrogen and oxygen atoms in total. The van der Waals surface area contributed by atoms with E-state index in [1.54, 1.807) is 0 Å². The van der Waals surface area contributed by atoms with Crippen molar-refractivity contribution >= 4 is 15.9 Å². The van der Waals surface area contributed by atoms with Crippen LogP contribution in [0.4, 0.5) is 8.78 Å². The van der Waals surface area contributed by atoms with Gasteiger partial charge in [0.2, 0.25) is 0 Å².